The van der Waals surface area contributed by atoms with Gasteiger partial charge in [-0.1, -0.05) is 24.7 Å². The third-order valence-electron chi connectivity index (χ3n) is 3.49. The Morgan fingerprint density at radius 3 is 2.78 bits per heavy atom. The number of hydrogen-bond donors (Lipinski definition) is 2. The van der Waals surface area contributed by atoms with Crippen molar-refractivity contribution in [2.45, 2.75) is 32.7 Å². The van der Waals surface area contributed by atoms with Crippen molar-refractivity contribution >= 4 is 23.1 Å². The molecule has 18 heavy (non-hydrogen) atoms. The first-order valence-electron chi connectivity index (χ1n) is 6.05. The Hall–Kier alpha value is -1.49. The summed E-state index contributed by atoms with van der Waals surface area (Å²) in [4.78, 5) is 16.8. The number of thiocarbonyl (C=S) groups is 1. The van der Waals surface area contributed by atoms with E-state index in [9.17, 15) is 4.79 Å². The van der Waals surface area contributed by atoms with Crippen molar-refractivity contribution in [3.05, 3.63) is 29.6 Å². The van der Waals surface area contributed by atoms with Gasteiger partial charge < -0.3 is 11.1 Å². The van der Waals surface area contributed by atoms with Gasteiger partial charge in [0.2, 0.25) is 5.91 Å². The average Bonchev–Trinajstić information content (AvgIpc) is 2.24. The Morgan fingerprint density at radius 1 is 1.56 bits per heavy atom. The number of pyridine rings is 1. The highest BCUT2D eigenvalue weighted by Crippen LogP contribution is 2.41. The molecule has 1 heterocycles. The number of hydrogen-bond acceptors (Lipinski definition) is 3. The summed E-state index contributed by atoms with van der Waals surface area (Å²) in [5.41, 5.74) is 6.86. The molecule has 3 N–H and O–H groups in total. The number of amides is 1. The summed E-state index contributed by atoms with van der Waals surface area (Å²) in [5.74, 6) is -0.0652. The van der Waals surface area contributed by atoms with Gasteiger partial charge in [-0.05, 0) is 31.9 Å². The van der Waals surface area contributed by atoms with Crippen LogP contribution in [0.15, 0.2) is 18.2 Å². The topological polar surface area (TPSA) is 68.0 Å². The van der Waals surface area contributed by atoms with Crippen molar-refractivity contribution < 1.29 is 4.79 Å². The van der Waals surface area contributed by atoms with Crippen molar-refractivity contribution in [1.29, 1.82) is 0 Å². The zero-order valence-corrected chi connectivity index (χ0v) is 11.2. The van der Waals surface area contributed by atoms with Gasteiger partial charge in [0.05, 0.1) is 22.6 Å². The molecule has 0 atom stereocenters. The molecule has 1 saturated carbocycles. The minimum absolute atomic E-state index is 0.0652. The smallest absolute Gasteiger partial charge is 0.233 e. The Kier molecular flexibility index (Phi) is 3.61. The minimum Gasteiger partial charge on any atom is -0.392 e. The molecule has 1 aliphatic carbocycles. The van der Waals surface area contributed by atoms with Crippen LogP contribution in [0.4, 0.5) is 0 Å². The summed E-state index contributed by atoms with van der Waals surface area (Å²) in [6.45, 7) is 2.35. The van der Waals surface area contributed by atoms with E-state index in [4.69, 9.17) is 18.0 Å². The molecule has 96 valence electrons. The lowest BCUT2D eigenvalue weighted by molar-refractivity contribution is -0.131. The highest BCUT2D eigenvalue weighted by molar-refractivity contribution is 7.80. The quantitative estimate of drug-likeness (QED) is 0.807. The van der Waals surface area contributed by atoms with E-state index in [1.165, 1.54) is 0 Å². The highest BCUT2D eigenvalue weighted by Gasteiger charge is 2.46. The Labute approximate surface area is 112 Å². The molecule has 1 aromatic rings. The van der Waals surface area contributed by atoms with Crippen LogP contribution in [0.3, 0.4) is 0 Å². The molecule has 4 nitrogen and oxygen atoms in total. The van der Waals surface area contributed by atoms with Gasteiger partial charge in [-0.15, -0.1) is 0 Å². The lowest BCUT2D eigenvalue weighted by Crippen LogP contribution is -2.52. The number of nitrogens with one attached hydrogen (secondary N) is 1. The predicted molar refractivity (Wildman–Crippen MR) is 73.9 cm³/mol. The highest BCUT2D eigenvalue weighted by atomic mass is 32.1. The monoisotopic (exact) mass is 263 g/mol. The molecule has 0 bridgehead atoms. The number of rotatable bonds is 4. The number of aryl methyl sites for hydroxylation is 1. The first-order chi connectivity index (χ1) is 8.54. The van der Waals surface area contributed by atoms with Crippen LogP contribution >= 0.6 is 12.2 Å². The zero-order chi connectivity index (χ0) is 13.2. The van der Waals surface area contributed by atoms with Crippen molar-refractivity contribution in [3.63, 3.8) is 0 Å². The van der Waals surface area contributed by atoms with Gasteiger partial charge in [0.15, 0.2) is 0 Å². The lowest BCUT2D eigenvalue weighted by atomic mass is 9.68. The summed E-state index contributed by atoms with van der Waals surface area (Å²) in [5, 5.41) is 2.88. The summed E-state index contributed by atoms with van der Waals surface area (Å²) < 4.78 is 0. The number of carbonyl (C=O) groups is 1. The number of aromatic nitrogens is 1. The molecule has 0 aliphatic heterocycles. The summed E-state index contributed by atoms with van der Waals surface area (Å²) in [6.07, 6.45) is 2.53. The van der Waals surface area contributed by atoms with Crippen molar-refractivity contribution in [3.8, 4) is 0 Å². The van der Waals surface area contributed by atoms with E-state index in [-0.39, 0.29) is 5.91 Å². The van der Waals surface area contributed by atoms with Crippen molar-refractivity contribution in [2.75, 3.05) is 0 Å². The Morgan fingerprint density at radius 2 is 2.28 bits per heavy atom. The Balaban J connectivity index is 1.98. The first kappa shape index (κ1) is 13.0. The summed E-state index contributed by atoms with van der Waals surface area (Å²) >= 11 is 5.01. The molecule has 1 aliphatic rings. The van der Waals surface area contributed by atoms with Crippen LogP contribution in [-0.2, 0) is 11.3 Å². The molecular weight excluding hydrogens is 246 g/mol. The molecule has 2 rings (SSSR count). The lowest BCUT2D eigenvalue weighted by Gasteiger charge is -2.39. The van der Waals surface area contributed by atoms with Crippen LogP contribution in [0, 0.1) is 12.3 Å². The molecule has 0 aromatic carbocycles. The SMILES string of the molecule is Cc1cccc(CNC(=O)C2(C(N)=S)CCC2)n1. The fraction of sp³-hybridized carbons (Fsp3) is 0.462. The van der Waals surface area contributed by atoms with E-state index < -0.39 is 5.41 Å². The molecule has 0 radical (unpaired) electrons. The second kappa shape index (κ2) is 5.02. The fourth-order valence-corrected chi connectivity index (χ4v) is 2.45. The van der Waals surface area contributed by atoms with E-state index >= 15 is 0 Å². The van der Waals surface area contributed by atoms with Gasteiger partial charge in [-0.2, -0.15) is 0 Å². The van der Waals surface area contributed by atoms with Crippen molar-refractivity contribution in [1.82, 2.24) is 10.3 Å². The first-order valence-corrected chi connectivity index (χ1v) is 6.46. The van der Waals surface area contributed by atoms with Crippen LogP contribution < -0.4 is 11.1 Å². The maximum Gasteiger partial charge on any atom is 0.233 e. The number of carbonyl (C=O) groups excluding carboxylic acids is 1. The van der Waals surface area contributed by atoms with Crippen LogP contribution in [0.25, 0.3) is 0 Å². The van der Waals surface area contributed by atoms with Gasteiger partial charge in [0.1, 0.15) is 0 Å². The van der Waals surface area contributed by atoms with Gasteiger partial charge in [-0.25, -0.2) is 0 Å². The van der Waals surface area contributed by atoms with E-state index in [0.29, 0.717) is 11.5 Å². The maximum absolute atomic E-state index is 12.1. The third kappa shape index (κ3) is 2.36. The van der Waals surface area contributed by atoms with E-state index in [0.717, 1.165) is 30.7 Å². The second-order valence-corrected chi connectivity index (χ2v) is 5.19. The average molecular weight is 263 g/mol. The van der Waals surface area contributed by atoms with Gasteiger partial charge in [0, 0.05) is 5.69 Å². The summed E-state index contributed by atoms with van der Waals surface area (Å²) in [6, 6.07) is 5.74. The predicted octanol–water partition coefficient (Wildman–Crippen LogP) is 1.46. The second-order valence-electron chi connectivity index (χ2n) is 4.75. The van der Waals surface area contributed by atoms with E-state index in [1.54, 1.807) is 0 Å². The fourth-order valence-electron chi connectivity index (χ4n) is 2.15. The van der Waals surface area contributed by atoms with Crippen LogP contribution in [0.2, 0.25) is 0 Å². The van der Waals surface area contributed by atoms with E-state index in [2.05, 4.69) is 10.3 Å². The minimum atomic E-state index is -0.612. The van der Waals surface area contributed by atoms with Crippen molar-refractivity contribution in [2.24, 2.45) is 11.1 Å². The molecule has 1 fully saturated rings. The van der Waals surface area contributed by atoms with Gasteiger partial charge in [0.25, 0.3) is 0 Å². The molecule has 1 amide bonds. The molecule has 0 saturated heterocycles. The zero-order valence-electron chi connectivity index (χ0n) is 10.4. The largest absolute Gasteiger partial charge is 0.392 e. The van der Waals surface area contributed by atoms with Crippen LogP contribution in [0.1, 0.15) is 30.7 Å². The molecular formula is C13H17N3OS. The molecule has 0 unspecified atom stereocenters. The Bertz CT molecular complexity index is 483. The van der Waals surface area contributed by atoms with E-state index in [1.807, 2.05) is 25.1 Å². The van der Waals surface area contributed by atoms with Crippen LogP contribution in [0.5, 0.6) is 0 Å². The molecule has 1 aromatic heterocycles. The molecule has 0 spiro atoms. The number of nitrogens with zero attached hydrogens (tertiary/aromatic N) is 1. The third-order valence-corrected chi connectivity index (χ3v) is 3.88. The normalized spacial score (nSPS) is 16.7. The standard InChI is InChI=1S/C13H17N3OS/c1-9-4-2-5-10(16-9)8-15-12(17)13(11(14)18)6-3-7-13/h2,4-5H,3,6-8H2,1H3,(H2,14,18)(H,15,17). The van der Waals surface area contributed by atoms with Gasteiger partial charge >= 0.3 is 0 Å². The van der Waals surface area contributed by atoms with Gasteiger partial charge in [-0.3, -0.25) is 9.78 Å². The molecule has 5 heteroatoms. The summed E-state index contributed by atoms with van der Waals surface area (Å²) in [7, 11) is 0. The maximum atomic E-state index is 12.1. The van der Waals surface area contributed by atoms with Crippen LogP contribution in [-0.4, -0.2) is 15.9 Å². The number of nitrogens with two attached hydrogens (primary N) is 1.